The Hall–Kier alpha value is -3.23. The number of nitrogens with one attached hydrogen (secondary N) is 3. The number of aromatic amines is 1. The predicted octanol–water partition coefficient (Wildman–Crippen LogP) is 4.50. The smallest absolute Gasteiger partial charge is 0.255 e. The highest BCUT2D eigenvalue weighted by molar-refractivity contribution is 6.32. The molecular weight excluding hydrogens is 444 g/mol. The number of pyridine rings is 1. The fourth-order valence-corrected chi connectivity index (χ4v) is 4.45. The first-order valence-corrected chi connectivity index (χ1v) is 11.2. The summed E-state index contributed by atoms with van der Waals surface area (Å²) >= 11 is 6.35. The maximum atomic E-state index is 13.0. The van der Waals surface area contributed by atoms with Crippen LogP contribution >= 0.6 is 11.6 Å². The molecule has 9 heteroatoms. The molecule has 1 aliphatic carbocycles. The number of benzene rings is 1. The lowest BCUT2D eigenvalue weighted by Gasteiger charge is -2.18. The van der Waals surface area contributed by atoms with Crippen LogP contribution in [0.25, 0.3) is 11.3 Å². The third-order valence-electron chi connectivity index (χ3n) is 6.09. The van der Waals surface area contributed by atoms with Crippen molar-refractivity contribution in [2.75, 3.05) is 26.1 Å². The molecular formula is C24H25ClN4O4. The normalized spacial score (nSPS) is 19.2. The third kappa shape index (κ3) is 3.89. The van der Waals surface area contributed by atoms with Gasteiger partial charge in [-0.1, -0.05) is 17.7 Å². The van der Waals surface area contributed by atoms with Crippen LogP contribution in [0.3, 0.4) is 0 Å². The topological polar surface area (TPSA) is 97.5 Å². The number of anilines is 2. The summed E-state index contributed by atoms with van der Waals surface area (Å²) in [4.78, 5) is 20.8. The number of rotatable bonds is 8. The third-order valence-corrected chi connectivity index (χ3v) is 6.39. The number of aromatic nitrogens is 2. The lowest BCUT2D eigenvalue weighted by Crippen LogP contribution is -2.31. The molecule has 3 aromatic rings. The lowest BCUT2D eigenvalue weighted by atomic mass is 10.0. The second-order valence-corrected chi connectivity index (χ2v) is 8.67. The first-order valence-electron chi connectivity index (χ1n) is 10.8. The molecule has 3 N–H and O–H groups in total. The average molecular weight is 469 g/mol. The van der Waals surface area contributed by atoms with Crippen molar-refractivity contribution < 1.29 is 19.0 Å². The molecule has 0 radical (unpaired) electrons. The van der Waals surface area contributed by atoms with Crippen LogP contribution in [0.15, 0.2) is 36.7 Å². The fourth-order valence-electron chi connectivity index (χ4n) is 4.20. The summed E-state index contributed by atoms with van der Waals surface area (Å²) < 4.78 is 16.9. The molecule has 172 valence electrons. The van der Waals surface area contributed by atoms with Crippen LogP contribution in [0, 0.1) is 0 Å². The van der Waals surface area contributed by atoms with Gasteiger partial charge in [-0.3, -0.25) is 9.78 Å². The van der Waals surface area contributed by atoms with E-state index in [1.807, 2.05) is 25.1 Å². The molecule has 8 nitrogen and oxygen atoms in total. The van der Waals surface area contributed by atoms with Crippen molar-refractivity contribution in [3.05, 3.63) is 52.9 Å². The number of fused-ring (bicyclic) bond motifs is 3. The Bertz CT molecular complexity index is 1210. The number of para-hydroxylation sites is 1. The van der Waals surface area contributed by atoms with Gasteiger partial charge in [0, 0.05) is 36.5 Å². The molecule has 2 aliphatic rings. The first-order chi connectivity index (χ1) is 16.0. The van der Waals surface area contributed by atoms with Gasteiger partial charge in [0.25, 0.3) is 5.91 Å². The minimum Gasteiger partial charge on any atom is -0.493 e. The number of ether oxygens (including phenoxy) is 3. The Labute approximate surface area is 196 Å². The molecule has 0 saturated heterocycles. The molecule has 1 fully saturated rings. The molecule has 33 heavy (non-hydrogen) atoms. The second kappa shape index (κ2) is 8.61. The Balaban J connectivity index is 1.63. The molecule has 1 unspecified atom stereocenters. The van der Waals surface area contributed by atoms with Crippen LogP contribution in [0.1, 0.15) is 35.3 Å². The number of hydrogen-bond donors (Lipinski definition) is 3. The van der Waals surface area contributed by atoms with E-state index in [2.05, 4.69) is 20.6 Å². The molecule has 2 aromatic heterocycles. The van der Waals surface area contributed by atoms with Gasteiger partial charge in [-0.2, -0.15) is 0 Å². The highest BCUT2D eigenvalue weighted by Gasteiger charge is 2.48. The molecule has 1 aromatic carbocycles. The van der Waals surface area contributed by atoms with Crippen LogP contribution in [0.2, 0.25) is 5.02 Å². The Morgan fingerprint density at radius 3 is 2.94 bits per heavy atom. The Morgan fingerprint density at radius 1 is 1.30 bits per heavy atom. The van der Waals surface area contributed by atoms with Crippen molar-refractivity contribution in [3.8, 4) is 22.8 Å². The van der Waals surface area contributed by atoms with Crippen LogP contribution in [0.4, 0.5) is 11.4 Å². The van der Waals surface area contributed by atoms with Gasteiger partial charge in [0.05, 0.1) is 47.1 Å². The van der Waals surface area contributed by atoms with Crippen molar-refractivity contribution in [1.82, 2.24) is 15.3 Å². The molecule has 0 spiro atoms. The summed E-state index contributed by atoms with van der Waals surface area (Å²) in [5.74, 6) is 1.25. The lowest BCUT2D eigenvalue weighted by molar-refractivity contribution is 0.0717. The highest BCUT2D eigenvalue weighted by atomic mass is 35.5. The van der Waals surface area contributed by atoms with Gasteiger partial charge in [-0.25, -0.2) is 0 Å². The molecule has 3 heterocycles. The summed E-state index contributed by atoms with van der Waals surface area (Å²) in [5.41, 5.74) is 4.35. The minimum absolute atomic E-state index is 0.0822. The zero-order valence-corrected chi connectivity index (χ0v) is 19.3. The summed E-state index contributed by atoms with van der Waals surface area (Å²) in [6.45, 7) is 2.30. The summed E-state index contributed by atoms with van der Waals surface area (Å²) in [7, 11) is 3.20. The van der Waals surface area contributed by atoms with Crippen LogP contribution in [-0.2, 0) is 4.74 Å². The van der Waals surface area contributed by atoms with Crippen molar-refractivity contribution in [2.45, 2.75) is 31.4 Å². The van der Waals surface area contributed by atoms with Crippen molar-refractivity contribution in [1.29, 1.82) is 0 Å². The number of halogens is 1. The number of nitrogens with zero attached hydrogens (tertiary/aromatic N) is 1. The maximum Gasteiger partial charge on any atom is 0.255 e. The first kappa shape index (κ1) is 21.6. The fraction of sp³-hybridized carbons (Fsp3) is 0.333. The summed E-state index contributed by atoms with van der Waals surface area (Å²) in [5, 5.41) is 6.97. The van der Waals surface area contributed by atoms with Crippen molar-refractivity contribution >= 4 is 28.9 Å². The number of H-pyrrole nitrogens is 1. The van der Waals surface area contributed by atoms with Gasteiger partial charge >= 0.3 is 0 Å². The Morgan fingerprint density at radius 2 is 2.15 bits per heavy atom. The van der Waals surface area contributed by atoms with Crippen molar-refractivity contribution in [2.24, 2.45) is 0 Å². The number of hydrogen-bond acceptors (Lipinski definition) is 6. The molecule has 3 atom stereocenters. The van der Waals surface area contributed by atoms with Gasteiger partial charge < -0.3 is 29.8 Å². The molecule has 5 rings (SSSR count). The van der Waals surface area contributed by atoms with E-state index in [1.54, 1.807) is 32.7 Å². The number of carbonyl (C=O) groups excluding carboxylic acids is 1. The van der Waals surface area contributed by atoms with Gasteiger partial charge in [0.1, 0.15) is 12.4 Å². The molecule has 1 saturated carbocycles. The Kier molecular flexibility index (Phi) is 5.64. The van der Waals surface area contributed by atoms with Gasteiger partial charge in [-0.05, 0) is 31.5 Å². The van der Waals surface area contributed by atoms with Gasteiger partial charge in [0.2, 0.25) is 0 Å². The zero-order chi connectivity index (χ0) is 23.1. The van der Waals surface area contributed by atoms with E-state index in [4.69, 9.17) is 25.8 Å². The van der Waals surface area contributed by atoms with E-state index in [-0.39, 0.29) is 24.0 Å². The SMILES string of the molecule is COc1c(Cl)cccc1Nc1c(-c2ccncc2OC[C@H](C)OC)[nH]c2c1C(=O)NC1C[C@H]21. The molecule has 0 bridgehead atoms. The number of amides is 1. The zero-order valence-electron chi connectivity index (χ0n) is 18.6. The van der Waals surface area contributed by atoms with Crippen LogP contribution in [-0.4, -0.2) is 48.8 Å². The number of methoxy groups -OCH3 is 2. The summed E-state index contributed by atoms with van der Waals surface area (Å²) in [6.07, 6.45) is 4.21. The van der Waals surface area contributed by atoms with Crippen LogP contribution in [0.5, 0.6) is 11.5 Å². The highest BCUT2D eigenvalue weighted by Crippen LogP contribution is 2.51. The standard InChI is InChI=1S/C24H25ClN4O4/c1-12(31-2)11-33-18-10-26-8-7-13(18)21-22(27-16-6-4-5-15(25)23(16)32-3)19-20(29-21)14-9-17(14)28-24(19)30/h4-8,10,12,14,17,27,29H,9,11H2,1-3H3,(H,28,30)/t12-,14-,17?/m0/s1. The van der Waals surface area contributed by atoms with E-state index in [0.717, 1.165) is 23.4 Å². The molecule has 1 aliphatic heterocycles. The van der Waals surface area contributed by atoms with Crippen molar-refractivity contribution in [3.63, 3.8) is 0 Å². The predicted molar refractivity (Wildman–Crippen MR) is 126 cm³/mol. The quantitative estimate of drug-likeness (QED) is 0.450. The van der Waals surface area contributed by atoms with Gasteiger partial charge in [0.15, 0.2) is 5.75 Å². The van der Waals surface area contributed by atoms with E-state index in [9.17, 15) is 4.79 Å². The maximum absolute atomic E-state index is 13.0. The van der Waals surface area contributed by atoms with E-state index >= 15 is 0 Å². The number of carbonyl (C=O) groups is 1. The van der Waals surface area contributed by atoms with E-state index in [0.29, 0.717) is 40.1 Å². The molecule has 1 amide bonds. The van der Waals surface area contributed by atoms with Gasteiger partial charge in [-0.15, -0.1) is 0 Å². The minimum atomic E-state index is -0.112. The van der Waals surface area contributed by atoms with E-state index < -0.39 is 0 Å². The second-order valence-electron chi connectivity index (χ2n) is 8.26. The summed E-state index contributed by atoms with van der Waals surface area (Å²) in [6, 6.07) is 7.49. The largest absolute Gasteiger partial charge is 0.493 e. The van der Waals surface area contributed by atoms with Crippen LogP contribution < -0.4 is 20.1 Å². The average Bonchev–Trinajstić information content (AvgIpc) is 3.49. The monoisotopic (exact) mass is 468 g/mol. The van der Waals surface area contributed by atoms with E-state index in [1.165, 1.54) is 0 Å².